The fraction of sp³-hybridized carbons (Fsp3) is 0.609. The van der Waals surface area contributed by atoms with E-state index in [4.69, 9.17) is 0 Å². The van der Waals surface area contributed by atoms with Crippen LogP contribution in [0, 0.1) is 6.92 Å². The minimum atomic E-state index is 0. The van der Waals surface area contributed by atoms with Crippen molar-refractivity contribution in [1.82, 2.24) is 4.57 Å². The molecule has 1 heterocycles. The van der Waals surface area contributed by atoms with Crippen LogP contribution in [0.25, 0.3) is 0 Å². The average Bonchev–Trinajstić information content (AvgIpc) is 2.97. The van der Waals surface area contributed by atoms with Crippen LogP contribution >= 0.6 is 0 Å². The fourth-order valence-corrected chi connectivity index (χ4v) is 3.49. The SMILES string of the molecule is CCCCCCCCCCCC[n+]1ccn(Cc2ccccc2)c1C.[Cl-]. The van der Waals surface area contributed by atoms with Gasteiger partial charge in [-0.25, -0.2) is 9.13 Å². The Morgan fingerprint density at radius 2 is 1.38 bits per heavy atom. The highest BCUT2D eigenvalue weighted by molar-refractivity contribution is 5.15. The molecule has 0 amide bonds. The smallest absolute Gasteiger partial charge is 0.253 e. The van der Waals surface area contributed by atoms with E-state index in [-0.39, 0.29) is 12.4 Å². The van der Waals surface area contributed by atoms with Crippen LogP contribution in [0.15, 0.2) is 42.7 Å². The van der Waals surface area contributed by atoms with E-state index >= 15 is 0 Å². The van der Waals surface area contributed by atoms with Crippen molar-refractivity contribution >= 4 is 0 Å². The highest BCUT2D eigenvalue weighted by atomic mass is 35.5. The van der Waals surface area contributed by atoms with Gasteiger partial charge in [0.15, 0.2) is 0 Å². The van der Waals surface area contributed by atoms with Crippen LogP contribution in [-0.4, -0.2) is 4.57 Å². The third-order valence-corrected chi connectivity index (χ3v) is 5.21. The van der Waals surface area contributed by atoms with Crippen molar-refractivity contribution in [1.29, 1.82) is 0 Å². The lowest BCUT2D eigenvalue weighted by molar-refractivity contribution is -0.702. The van der Waals surface area contributed by atoms with Gasteiger partial charge in [-0.3, -0.25) is 0 Å². The number of unbranched alkanes of at least 4 members (excludes halogenated alkanes) is 9. The van der Waals surface area contributed by atoms with Gasteiger partial charge in [0.1, 0.15) is 18.9 Å². The summed E-state index contributed by atoms with van der Waals surface area (Å²) in [6, 6.07) is 10.7. The van der Waals surface area contributed by atoms with E-state index in [2.05, 4.69) is 65.7 Å². The van der Waals surface area contributed by atoms with Gasteiger partial charge < -0.3 is 12.4 Å². The maximum absolute atomic E-state index is 2.41. The number of benzene rings is 1. The van der Waals surface area contributed by atoms with Gasteiger partial charge in [-0.2, -0.15) is 0 Å². The molecule has 2 rings (SSSR count). The van der Waals surface area contributed by atoms with Gasteiger partial charge in [-0.1, -0.05) is 88.6 Å². The second-order valence-corrected chi connectivity index (χ2v) is 7.33. The molecule has 0 unspecified atom stereocenters. The Morgan fingerprint density at radius 3 is 2.00 bits per heavy atom. The summed E-state index contributed by atoms with van der Waals surface area (Å²) in [4.78, 5) is 0. The van der Waals surface area contributed by atoms with Crippen molar-refractivity contribution in [2.45, 2.75) is 91.1 Å². The lowest BCUT2D eigenvalue weighted by Gasteiger charge is -2.03. The average molecular weight is 377 g/mol. The molecule has 0 aliphatic carbocycles. The summed E-state index contributed by atoms with van der Waals surface area (Å²) < 4.78 is 4.76. The van der Waals surface area contributed by atoms with Gasteiger partial charge >= 0.3 is 0 Å². The normalized spacial score (nSPS) is 10.7. The number of rotatable bonds is 13. The fourth-order valence-electron chi connectivity index (χ4n) is 3.49. The number of imidazole rings is 1. The van der Waals surface area contributed by atoms with Crippen molar-refractivity contribution in [3.05, 3.63) is 54.1 Å². The topological polar surface area (TPSA) is 8.81 Å². The van der Waals surface area contributed by atoms with E-state index in [9.17, 15) is 0 Å². The summed E-state index contributed by atoms with van der Waals surface area (Å²) in [5, 5.41) is 0. The molecule has 26 heavy (non-hydrogen) atoms. The zero-order valence-electron chi connectivity index (χ0n) is 16.8. The molecule has 0 bridgehead atoms. The first-order chi connectivity index (χ1) is 12.3. The molecule has 0 atom stereocenters. The van der Waals surface area contributed by atoms with E-state index in [0.717, 1.165) is 13.1 Å². The number of nitrogens with zero attached hydrogens (tertiary/aromatic N) is 2. The number of aryl methyl sites for hydroxylation is 1. The van der Waals surface area contributed by atoms with Crippen LogP contribution < -0.4 is 17.0 Å². The summed E-state index contributed by atoms with van der Waals surface area (Å²) in [6.07, 6.45) is 18.5. The third-order valence-electron chi connectivity index (χ3n) is 5.21. The Morgan fingerprint density at radius 1 is 0.808 bits per heavy atom. The standard InChI is InChI=1S/C23H37N2.ClH/c1-3-4-5-6-7-8-9-10-11-15-18-24-19-20-25(22(24)2)21-23-16-13-12-14-17-23;/h12-14,16-17,19-20H,3-11,15,18,21H2,1-2H3;1H/q+1;/p-1. The Bertz CT molecular complexity index is 577. The zero-order chi connectivity index (χ0) is 17.7. The highest BCUT2D eigenvalue weighted by Crippen LogP contribution is 2.10. The Hall–Kier alpha value is -1.28. The van der Waals surface area contributed by atoms with E-state index < -0.39 is 0 Å². The van der Waals surface area contributed by atoms with Crippen LogP contribution in [0.2, 0.25) is 0 Å². The Balaban J connectivity index is 0.00000338. The maximum Gasteiger partial charge on any atom is 0.253 e. The first-order valence-corrected chi connectivity index (χ1v) is 10.4. The van der Waals surface area contributed by atoms with Crippen molar-refractivity contribution in [3.63, 3.8) is 0 Å². The van der Waals surface area contributed by atoms with Crippen LogP contribution in [0.1, 0.15) is 82.5 Å². The molecule has 2 nitrogen and oxygen atoms in total. The molecule has 2 aromatic rings. The molecule has 146 valence electrons. The zero-order valence-corrected chi connectivity index (χ0v) is 17.6. The van der Waals surface area contributed by atoms with Gasteiger partial charge in [0, 0.05) is 6.92 Å². The molecular formula is C23H37ClN2. The van der Waals surface area contributed by atoms with Gasteiger partial charge in [-0.05, 0) is 18.4 Å². The van der Waals surface area contributed by atoms with Gasteiger partial charge in [0.2, 0.25) is 0 Å². The minimum absolute atomic E-state index is 0. The van der Waals surface area contributed by atoms with Crippen molar-refractivity contribution < 1.29 is 17.0 Å². The molecule has 0 spiro atoms. The molecule has 0 aliphatic heterocycles. The van der Waals surface area contributed by atoms with E-state index in [0.29, 0.717) is 0 Å². The molecule has 0 aliphatic rings. The van der Waals surface area contributed by atoms with Crippen LogP contribution in [0.4, 0.5) is 0 Å². The summed E-state index contributed by atoms with van der Waals surface area (Å²) in [5.74, 6) is 1.36. The Labute approximate surface area is 167 Å². The minimum Gasteiger partial charge on any atom is -1.00 e. The van der Waals surface area contributed by atoms with Gasteiger partial charge in [0.05, 0.1) is 6.54 Å². The first kappa shape index (κ1) is 22.8. The van der Waals surface area contributed by atoms with Gasteiger partial charge in [-0.15, -0.1) is 0 Å². The van der Waals surface area contributed by atoms with Crippen molar-refractivity contribution in [3.8, 4) is 0 Å². The molecule has 0 saturated heterocycles. The van der Waals surface area contributed by atoms with Crippen molar-refractivity contribution in [2.24, 2.45) is 0 Å². The van der Waals surface area contributed by atoms with Crippen LogP contribution in [-0.2, 0) is 13.1 Å². The largest absolute Gasteiger partial charge is 1.00 e. The molecule has 3 heteroatoms. The van der Waals surface area contributed by atoms with Crippen molar-refractivity contribution in [2.75, 3.05) is 0 Å². The second-order valence-electron chi connectivity index (χ2n) is 7.33. The number of hydrogen-bond donors (Lipinski definition) is 0. The quantitative estimate of drug-likeness (QED) is 0.375. The van der Waals surface area contributed by atoms with E-state index in [1.807, 2.05) is 0 Å². The van der Waals surface area contributed by atoms with Crippen LogP contribution in [0.3, 0.4) is 0 Å². The van der Waals surface area contributed by atoms with E-state index in [1.54, 1.807) is 0 Å². The molecule has 1 aromatic heterocycles. The van der Waals surface area contributed by atoms with E-state index in [1.165, 1.54) is 75.6 Å². The molecule has 0 saturated carbocycles. The Kier molecular flexibility index (Phi) is 12.1. The summed E-state index contributed by atoms with van der Waals surface area (Å²) in [7, 11) is 0. The lowest BCUT2D eigenvalue weighted by atomic mass is 10.1. The predicted molar refractivity (Wildman–Crippen MR) is 107 cm³/mol. The van der Waals surface area contributed by atoms with Gasteiger partial charge in [0.25, 0.3) is 5.82 Å². The molecule has 1 aromatic carbocycles. The first-order valence-electron chi connectivity index (χ1n) is 10.4. The second kappa shape index (κ2) is 13.9. The number of aromatic nitrogens is 2. The number of hydrogen-bond acceptors (Lipinski definition) is 0. The summed E-state index contributed by atoms with van der Waals surface area (Å²) in [5.41, 5.74) is 1.37. The summed E-state index contributed by atoms with van der Waals surface area (Å²) in [6.45, 7) is 6.65. The molecule has 0 fully saturated rings. The third kappa shape index (κ3) is 8.40. The molecular weight excluding hydrogens is 340 g/mol. The molecule has 0 radical (unpaired) electrons. The highest BCUT2D eigenvalue weighted by Gasteiger charge is 2.11. The predicted octanol–water partition coefficient (Wildman–Crippen LogP) is 3.06. The monoisotopic (exact) mass is 376 g/mol. The number of halogens is 1. The molecule has 0 N–H and O–H groups in total. The summed E-state index contributed by atoms with van der Waals surface area (Å²) >= 11 is 0. The lowest BCUT2D eigenvalue weighted by Crippen LogP contribution is -3.00. The maximum atomic E-state index is 2.41. The van der Waals surface area contributed by atoms with Crippen LogP contribution in [0.5, 0.6) is 0 Å².